The summed E-state index contributed by atoms with van der Waals surface area (Å²) in [6.07, 6.45) is 41.1. The van der Waals surface area contributed by atoms with Crippen LogP contribution >= 0.6 is 0 Å². The number of unbranched alkanes of at least 4 members (excludes halogenated alkanes) is 25. The van der Waals surface area contributed by atoms with Gasteiger partial charge in [-0.1, -0.05) is 167 Å². The van der Waals surface area contributed by atoms with Gasteiger partial charge in [0.05, 0.1) is 13.2 Å². The highest BCUT2D eigenvalue weighted by molar-refractivity contribution is 5.59. The standard InChI is InChI=1S/C35H68O3/c1-3-5-7-9-11-13-15-16-17-18-19-20-21-22-23-24-26-28-30-32-34-38-35(36)37-33-31-29-27-25-14-12-10-8-6-4-2/h16-17H,3-15,18-34H2,1-2H3. The van der Waals surface area contributed by atoms with Crippen molar-refractivity contribution >= 4 is 6.16 Å². The number of allylic oxidation sites excluding steroid dienone is 2. The first-order valence-electron chi connectivity index (χ1n) is 17.3. The van der Waals surface area contributed by atoms with Crippen LogP contribution in [0.25, 0.3) is 0 Å². The average molecular weight is 537 g/mol. The van der Waals surface area contributed by atoms with E-state index in [2.05, 4.69) is 26.0 Å². The summed E-state index contributed by atoms with van der Waals surface area (Å²) in [6, 6.07) is 0. The predicted molar refractivity (Wildman–Crippen MR) is 167 cm³/mol. The van der Waals surface area contributed by atoms with Crippen LogP contribution in [0.3, 0.4) is 0 Å². The van der Waals surface area contributed by atoms with E-state index in [0.29, 0.717) is 13.2 Å². The zero-order chi connectivity index (χ0) is 27.6. The van der Waals surface area contributed by atoms with Crippen molar-refractivity contribution in [2.24, 2.45) is 0 Å². The van der Waals surface area contributed by atoms with Gasteiger partial charge in [-0.3, -0.25) is 0 Å². The first-order chi connectivity index (χ1) is 18.8. The molecule has 0 atom stereocenters. The van der Waals surface area contributed by atoms with Crippen LogP contribution in [0.1, 0.15) is 194 Å². The zero-order valence-corrected chi connectivity index (χ0v) is 26.1. The van der Waals surface area contributed by atoms with Crippen molar-refractivity contribution in [2.45, 2.75) is 194 Å². The molecule has 0 radical (unpaired) electrons. The van der Waals surface area contributed by atoms with Crippen molar-refractivity contribution in [3.63, 3.8) is 0 Å². The summed E-state index contributed by atoms with van der Waals surface area (Å²) in [7, 11) is 0. The second-order valence-corrected chi connectivity index (χ2v) is 11.5. The monoisotopic (exact) mass is 537 g/mol. The quantitative estimate of drug-likeness (QED) is 0.0502. The number of carbonyl (C=O) groups is 1. The summed E-state index contributed by atoms with van der Waals surface area (Å²) >= 11 is 0. The molecule has 38 heavy (non-hydrogen) atoms. The molecule has 0 spiro atoms. The normalized spacial score (nSPS) is 11.4. The van der Waals surface area contributed by atoms with Crippen molar-refractivity contribution < 1.29 is 14.3 Å². The van der Waals surface area contributed by atoms with E-state index < -0.39 is 6.16 Å². The van der Waals surface area contributed by atoms with E-state index in [1.807, 2.05) is 0 Å². The molecule has 3 heteroatoms. The van der Waals surface area contributed by atoms with Gasteiger partial charge in [-0.15, -0.1) is 0 Å². The van der Waals surface area contributed by atoms with E-state index in [9.17, 15) is 4.79 Å². The van der Waals surface area contributed by atoms with Crippen LogP contribution < -0.4 is 0 Å². The van der Waals surface area contributed by atoms with Crippen LogP contribution in [-0.4, -0.2) is 19.4 Å². The third-order valence-corrected chi connectivity index (χ3v) is 7.59. The molecule has 0 saturated heterocycles. The highest BCUT2D eigenvalue weighted by Crippen LogP contribution is 2.13. The van der Waals surface area contributed by atoms with E-state index in [0.717, 1.165) is 25.7 Å². The zero-order valence-electron chi connectivity index (χ0n) is 26.1. The van der Waals surface area contributed by atoms with Gasteiger partial charge in [0.25, 0.3) is 0 Å². The smallest absolute Gasteiger partial charge is 0.434 e. The van der Waals surface area contributed by atoms with Gasteiger partial charge in [-0.25, -0.2) is 4.79 Å². The SMILES string of the molecule is CCCCCCCCC=CCCCCCCCCCCCCOC(=O)OCCCCCCCCCCCC. The number of ether oxygens (including phenoxy) is 2. The van der Waals surface area contributed by atoms with Crippen LogP contribution in [0.4, 0.5) is 4.79 Å². The summed E-state index contributed by atoms with van der Waals surface area (Å²) in [6.45, 7) is 5.56. The summed E-state index contributed by atoms with van der Waals surface area (Å²) in [4.78, 5) is 11.7. The minimum atomic E-state index is -0.478. The van der Waals surface area contributed by atoms with Crippen LogP contribution in [0.15, 0.2) is 12.2 Å². The van der Waals surface area contributed by atoms with Crippen molar-refractivity contribution in [1.29, 1.82) is 0 Å². The second kappa shape index (κ2) is 34.0. The number of hydrogen-bond acceptors (Lipinski definition) is 3. The van der Waals surface area contributed by atoms with Gasteiger partial charge in [-0.2, -0.15) is 0 Å². The fraction of sp³-hybridized carbons (Fsp3) is 0.914. The number of hydrogen-bond donors (Lipinski definition) is 0. The molecule has 0 aliphatic rings. The summed E-state index contributed by atoms with van der Waals surface area (Å²) in [5.74, 6) is 0. The summed E-state index contributed by atoms with van der Waals surface area (Å²) in [5.41, 5.74) is 0. The van der Waals surface area contributed by atoms with Gasteiger partial charge in [0, 0.05) is 0 Å². The molecule has 0 bridgehead atoms. The third-order valence-electron chi connectivity index (χ3n) is 7.59. The lowest BCUT2D eigenvalue weighted by molar-refractivity contribution is 0.0529. The highest BCUT2D eigenvalue weighted by Gasteiger charge is 2.03. The number of carbonyl (C=O) groups excluding carboxylic acids is 1. The first-order valence-corrected chi connectivity index (χ1v) is 17.3. The first kappa shape index (κ1) is 37.0. The molecule has 0 fully saturated rings. The van der Waals surface area contributed by atoms with Gasteiger partial charge >= 0.3 is 6.16 Å². The summed E-state index contributed by atoms with van der Waals surface area (Å²) in [5, 5.41) is 0. The fourth-order valence-electron chi connectivity index (χ4n) is 5.00. The van der Waals surface area contributed by atoms with Crippen LogP contribution in [0.2, 0.25) is 0 Å². The molecule has 0 N–H and O–H groups in total. The van der Waals surface area contributed by atoms with Gasteiger partial charge in [0.1, 0.15) is 0 Å². The Balaban J connectivity index is 3.17. The molecule has 0 saturated carbocycles. The molecule has 226 valence electrons. The van der Waals surface area contributed by atoms with Gasteiger partial charge < -0.3 is 9.47 Å². The van der Waals surface area contributed by atoms with Crippen LogP contribution in [0.5, 0.6) is 0 Å². The fourth-order valence-corrected chi connectivity index (χ4v) is 5.00. The lowest BCUT2D eigenvalue weighted by Gasteiger charge is -2.06. The molecule has 0 rings (SSSR count). The average Bonchev–Trinajstić information content (AvgIpc) is 2.92. The lowest BCUT2D eigenvalue weighted by Crippen LogP contribution is -2.09. The molecule has 0 aliphatic heterocycles. The van der Waals surface area contributed by atoms with Crippen LogP contribution in [0, 0.1) is 0 Å². The van der Waals surface area contributed by atoms with E-state index in [4.69, 9.17) is 9.47 Å². The molecule has 0 amide bonds. The maximum Gasteiger partial charge on any atom is 0.508 e. The second-order valence-electron chi connectivity index (χ2n) is 11.5. The van der Waals surface area contributed by atoms with Gasteiger partial charge in [0.2, 0.25) is 0 Å². The predicted octanol–water partition coefficient (Wildman–Crippen LogP) is 12.7. The minimum absolute atomic E-state index is 0.478. The van der Waals surface area contributed by atoms with E-state index in [1.165, 1.54) is 154 Å². The van der Waals surface area contributed by atoms with E-state index >= 15 is 0 Å². The number of rotatable bonds is 31. The maximum atomic E-state index is 11.7. The summed E-state index contributed by atoms with van der Waals surface area (Å²) < 4.78 is 10.4. The Morgan fingerprint density at radius 2 is 0.658 bits per heavy atom. The largest absolute Gasteiger partial charge is 0.508 e. The minimum Gasteiger partial charge on any atom is -0.434 e. The molecular weight excluding hydrogens is 468 g/mol. The Hall–Kier alpha value is -0.990. The van der Waals surface area contributed by atoms with E-state index in [1.54, 1.807) is 0 Å². The van der Waals surface area contributed by atoms with Gasteiger partial charge in [-0.05, 0) is 38.5 Å². The lowest BCUT2D eigenvalue weighted by atomic mass is 10.1. The van der Waals surface area contributed by atoms with Gasteiger partial charge in [0.15, 0.2) is 0 Å². The van der Waals surface area contributed by atoms with Crippen molar-refractivity contribution in [2.75, 3.05) is 13.2 Å². The molecule has 0 aromatic rings. The Bertz CT molecular complexity index is 474. The Morgan fingerprint density at radius 1 is 0.395 bits per heavy atom. The maximum absolute atomic E-state index is 11.7. The molecule has 0 aliphatic carbocycles. The molecule has 0 aromatic heterocycles. The molecular formula is C35H68O3. The van der Waals surface area contributed by atoms with Crippen molar-refractivity contribution in [1.82, 2.24) is 0 Å². The third kappa shape index (κ3) is 33.0. The van der Waals surface area contributed by atoms with Crippen molar-refractivity contribution in [3.8, 4) is 0 Å². The van der Waals surface area contributed by atoms with E-state index in [-0.39, 0.29) is 0 Å². The molecule has 0 aromatic carbocycles. The topological polar surface area (TPSA) is 35.5 Å². The molecule has 0 unspecified atom stereocenters. The van der Waals surface area contributed by atoms with Crippen LogP contribution in [-0.2, 0) is 9.47 Å². The molecule has 3 nitrogen and oxygen atoms in total. The Labute approximate surface area is 239 Å². The molecule has 0 heterocycles. The Kier molecular flexibility index (Phi) is 33.2. The van der Waals surface area contributed by atoms with Crippen molar-refractivity contribution in [3.05, 3.63) is 12.2 Å². The highest BCUT2D eigenvalue weighted by atomic mass is 16.7. The Morgan fingerprint density at radius 3 is 0.974 bits per heavy atom.